The van der Waals surface area contributed by atoms with Crippen LogP contribution < -0.4 is 10.3 Å². The first-order valence-corrected chi connectivity index (χ1v) is 8.94. The zero-order valence-electron chi connectivity index (χ0n) is 16.1. The lowest BCUT2D eigenvalue weighted by Gasteiger charge is -2.10. The number of aromatic nitrogens is 3. The zero-order chi connectivity index (χ0) is 20.7. The van der Waals surface area contributed by atoms with Crippen molar-refractivity contribution in [2.75, 3.05) is 7.11 Å². The van der Waals surface area contributed by atoms with Crippen LogP contribution in [0.15, 0.2) is 47.3 Å². The molecule has 0 saturated carbocycles. The third-order valence-electron chi connectivity index (χ3n) is 4.88. The standard InChI is InChI=1S/C22H18N4O3/c1-12-4-7-15(8-5-12)26-21-19(13(2)25-26)20(16(11-23)22(28)24-21)14-6-9-17(27)18(10-14)29-3/h4-10,27H,1-3H3,(H,24,28). The summed E-state index contributed by atoms with van der Waals surface area (Å²) >= 11 is 0. The quantitative estimate of drug-likeness (QED) is 0.560. The highest BCUT2D eigenvalue weighted by molar-refractivity contribution is 5.98. The number of H-pyrrole nitrogens is 1. The number of rotatable bonds is 3. The maximum Gasteiger partial charge on any atom is 0.268 e. The summed E-state index contributed by atoms with van der Waals surface area (Å²) in [6.45, 7) is 3.82. The van der Waals surface area contributed by atoms with Gasteiger partial charge in [0.15, 0.2) is 11.5 Å². The largest absolute Gasteiger partial charge is 0.504 e. The molecule has 0 saturated heterocycles. The van der Waals surface area contributed by atoms with Gasteiger partial charge in [-0.15, -0.1) is 0 Å². The Morgan fingerprint density at radius 1 is 1.17 bits per heavy atom. The Balaban J connectivity index is 2.10. The van der Waals surface area contributed by atoms with E-state index in [9.17, 15) is 15.2 Å². The number of fused-ring (bicyclic) bond motifs is 1. The Morgan fingerprint density at radius 3 is 2.55 bits per heavy atom. The van der Waals surface area contributed by atoms with Gasteiger partial charge in [0, 0.05) is 10.9 Å². The molecule has 7 nitrogen and oxygen atoms in total. The molecule has 2 aromatic carbocycles. The average Bonchev–Trinajstić information content (AvgIpc) is 3.04. The Kier molecular flexibility index (Phi) is 4.32. The van der Waals surface area contributed by atoms with Gasteiger partial charge >= 0.3 is 0 Å². The topological polar surface area (TPSA) is 104 Å². The summed E-state index contributed by atoms with van der Waals surface area (Å²) in [7, 11) is 1.44. The smallest absolute Gasteiger partial charge is 0.268 e. The third-order valence-corrected chi connectivity index (χ3v) is 4.88. The molecule has 2 aromatic heterocycles. The van der Waals surface area contributed by atoms with Crippen molar-refractivity contribution >= 4 is 11.0 Å². The molecule has 4 aromatic rings. The second-order valence-electron chi connectivity index (χ2n) is 6.76. The Bertz CT molecular complexity index is 1340. The minimum Gasteiger partial charge on any atom is -0.504 e. The van der Waals surface area contributed by atoms with Gasteiger partial charge in [0.2, 0.25) is 0 Å². The van der Waals surface area contributed by atoms with Crippen LogP contribution in [0.1, 0.15) is 16.8 Å². The number of aryl methyl sites for hydroxylation is 2. The van der Waals surface area contributed by atoms with E-state index in [0.717, 1.165) is 11.3 Å². The summed E-state index contributed by atoms with van der Waals surface area (Å²) in [5.74, 6) is 0.228. The molecule has 2 N–H and O–H groups in total. The van der Waals surface area contributed by atoms with Gasteiger partial charge in [-0.2, -0.15) is 10.4 Å². The van der Waals surface area contributed by atoms with E-state index in [1.54, 1.807) is 16.8 Å². The highest BCUT2D eigenvalue weighted by Gasteiger charge is 2.21. The van der Waals surface area contributed by atoms with Crippen LogP contribution in [0.4, 0.5) is 0 Å². The van der Waals surface area contributed by atoms with Crippen molar-refractivity contribution in [1.82, 2.24) is 14.8 Å². The summed E-state index contributed by atoms with van der Waals surface area (Å²) in [4.78, 5) is 15.5. The molecule has 0 unspecified atom stereocenters. The number of aromatic hydroxyl groups is 1. The van der Waals surface area contributed by atoms with Crippen molar-refractivity contribution in [3.05, 3.63) is 69.6 Å². The first-order chi connectivity index (χ1) is 13.9. The lowest BCUT2D eigenvalue weighted by atomic mass is 9.97. The van der Waals surface area contributed by atoms with E-state index in [1.807, 2.05) is 44.2 Å². The monoisotopic (exact) mass is 386 g/mol. The first-order valence-electron chi connectivity index (χ1n) is 8.94. The minimum absolute atomic E-state index is 0.0169. The van der Waals surface area contributed by atoms with Gasteiger partial charge < -0.3 is 14.8 Å². The molecular weight excluding hydrogens is 368 g/mol. The predicted molar refractivity (Wildman–Crippen MR) is 110 cm³/mol. The number of aromatic amines is 1. The molecule has 0 radical (unpaired) electrons. The number of phenols is 1. The molecule has 144 valence electrons. The number of nitriles is 1. The van der Waals surface area contributed by atoms with E-state index in [1.165, 1.54) is 13.2 Å². The summed E-state index contributed by atoms with van der Waals surface area (Å²) in [6, 6.07) is 14.5. The maximum atomic E-state index is 12.7. The first kappa shape index (κ1) is 18.3. The Hall–Kier alpha value is -4.05. The normalized spacial score (nSPS) is 10.8. The number of methoxy groups -OCH3 is 1. The number of benzene rings is 2. The van der Waals surface area contributed by atoms with E-state index in [4.69, 9.17) is 4.74 Å². The second-order valence-corrected chi connectivity index (χ2v) is 6.76. The van der Waals surface area contributed by atoms with Gasteiger partial charge in [-0.25, -0.2) is 4.68 Å². The highest BCUT2D eigenvalue weighted by atomic mass is 16.5. The van der Waals surface area contributed by atoms with Crippen LogP contribution in [-0.4, -0.2) is 27.0 Å². The van der Waals surface area contributed by atoms with E-state index in [-0.39, 0.29) is 17.1 Å². The van der Waals surface area contributed by atoms with Crippen molar-refractivity contribution in [2.24, 2.45) is 0 Å². The number of nitrogens with one attached hydrogen (secondary N) is 1. The molecule has 0 aliphatic heterocycles. The summed E-state index contributed by atoms with van der Waals surface area (Å²) in [6.07, 6.45) is 0. The molecular formula is C22H18N4O3. The van der Waals surface area contributed by atoms with Gasteiger partial charge in [-0.05, 0) is 43.7 Å². The fourth-order valence-corrected chi connectivity index (χ4v) is 3.45. The molecule has 0 aliphatic rings. The van der Waals surface area contributed by atoms with Crippen LogP contribution in [0, 0.1) is 25.2 Å². The molecule has 7 heteroatoms. The van der Waals surface area contributed by atoms with Crippen molar-refractivity contribution in [3.8, 4) is 34.4 Å². The van der Waals surface area contributed by atoms with Crippen molar-refractivity contribution in [3.63, 3.8) is 0 Å². The lowest BCUT2D eigenvalue weighted by Crippen LogP contribution is -2.13. The molecule has 0 atom stereocenters. The van der Waals surface area contributed by atoms with Crippen LogP contribution >= 0.6 is 0 Å². The molecule has 0 amide bonds. The fraction of sp³-hybridized carbons (Fsp3) is 0.136. The highest BCUT2D eigenvalue weighted by Crippen LogP contribution is 2.37. The Labute approximate surface area is 166 Å². The van der Waals surface area contributed by atoms with Crippen LogP contribution in [0.2, 0.25) is 0 Å². The number of hydrogen-bond donors (Lipinski definition) is 2. The number of nitrogens with zero attached hydrogens (tertiary/aromatic N) is 3. The number of hydrogen-bond acceptors (Lipinski definition) is 5. The SMILES string of the molecule is COc1cc(-c2c(C#N)c(=O)[nH]c3c2c(C)nn3-c2ccc(C)cc2)ccc1O. The van der Waals surface area contributed by atoms with Crippen molar-refractivity contribution < 1.29 is 9.84 Å². The third kappa shape index (κ3) is 2.91. The Morgan fingerprint density at radius 2 is 1.90 bits per heavy atom. The maximum absolute atomic E-state index is 12.7. The molecule has 0 fully saturated rings. The van der Waals surface area contributed by atoms with E-state index < -0.39 is 5.56 Å². The molecule has 4 rings (SSSR count). The predicted octanol–water partition coefficient (Wildman–Crippen LogP) is 3.58. The summed E-state index contributed by atoms with van der Waals surface area (Å²) < 4.78 is 6.86. The minimum atomic E-state index is -0.504. The van der Waals surface area contributed by atoms with E-state index in [2.05, 4.69) is 10.1 Å². The van der Waals surface area contributed by atoms with Gasteiger partial charge in [-0.1, -0.05) is 23.8 Å². The summed E-state index contributed by atoms with van der Waals surface area (Å²) in [5, 5.41) is 24.9. The number of pyridine rings is 1. The van der Waals surface area contributed by atoms with E-state index >= 15 is 0 Å². The lowest BCUT2D eigenvalue weighted by molar-refractivity contribution is 0.373. The van der Waals surface area contributed by atoms with Crippen molar-refractivity contribution in [2.45, 2.75) is 13.8 Å². The number of phenolic OH excluding ortho intramolecular Hbond substituents is 1. The van der Waals surface area contributed by atoms with Gasteiger partial charge in [0.05, 0.1) is 18.5 Å². The molecule has 2 heterocycles. The van der Waals surface area contributed by atoms with Crippen LogP contribution in [0.3, 0.4) is 0 Å². The zero-order valence-corrected chi connectivity index (χ0v) is 16.1. The molecule has 29 heavy (non-hydrogen) atoms. The molecule has 0 spiro atoms. The van der Waals surface area contributed by atoms with Gasteiger partial charge in [0.1, 0.15) is 17.3 Å². The van der Waals surface area contributed by atoms with E-state index in [0.29, 0.717) is 27.9 Å². The molecule has 0 bridgehead atoms. The number of ether oxygens (including phenoxy) is 1. The van der Waals surface area contributed by atoms with Crippen molar-refractivity contribution in [1.29, 1.82) is 5.26 Å². The van der Waals surface area contributed by atoms with Crippen LogP contribution in [0.5, 0.6) is 11.5 Å². The molecule has 0 aliphatic carbocycles. The van der Waals surface area contributed by atoms with Crippen LogP contribution in [0.25, 0.3) is 27.8 Å². The fourth-order valence-electron chi connectivity index (χ4n) is 3.45. The summed E-state index contributed by atoms with van der Waals surface area (Å²) in [5.41, 5.74) is 3.58. The van der Waals surface area contributed by atoms with Crippen LogP contribution in [-0.2, 0) is 0 Å². The average molecular weight is 386 g/mol. The van der Waals surface area contributed by atoms with Gasteiger partial charge in [-0.3, -0.25) is 4.79 Å². The second kappa shape index (κ2) is 6.84. The van der Waals surface area contributed by atoms with Gasteiger partial charge in [0.25, 0.3) is 5.56 Å².